The van der Waals surface area contributed by atoms with Crippen LogP contribution in [0.15, 0.2) is 36.5 Å². The molecule has 26 heavy (non-hydrogen) atoms. The van der Waals surface area contributed by atoms with E-state index >= 15 is 0 Å². The predicted octanol–water partition coefficient (Wildman–Crippen LogP) is 3.96. The first-order chi connectivity index (χ1) is 12.3. The molecule has 0 aliphatic heterocycles. The molecule has 0 fully saturated rings. The number of nitrogens with one attached hydrogen (secondary N) is 2. The number of esters is 1. The number of methoxy groups -OCH3 is 1. The number of H-pyrrole nitrogens is 1. The van der Waals surface area contributed by atoms with Gasteiger partial charge in [0.25, 0.3) is 5.91 Å². The van der Waals surface area contributed by atoms with Crippen molar-refractivity contribution in [1.29, 1.82) is 0 Å². The van der Waals surface area contributed by atoms with E-state index in [4.69, 9.17) is 0 Å². The number of carbonyl (C=O) groups is 2. The second-order valence-electron chi connectivity index (χ2n) is 5.38. The van der Waals surface area contributed by atoms with Gasteiger partial charge in [0.05, 0.1) is 17.6 Å². The van der Waals surface area contributed by atoms with Gasteiger partial charge >= 0.3 is 12.1 Å². The topological polar surface area (TPSA) is 71.2 Å². The Hall–Kier alpha value is -2.81. The number of hydrogen-bond donors (Lipinski definition) is 2. The van der Waals surface area contributed by atoms with E-state index in [1.54, 1.807) is 6.20 Å². The minimum atomic E-state index is -4.75. The van der Waals surface area contributed by atoms with Crippen LogP contribution in [0.5, 0.6) is 0 Å². The lowest BCUT2D eigenvalue weighted by molar-refractivity contribution is -0.137. The molecule has 2 N–H and O–H groups in total. The Morgan fingerprint density at radius 1 is 1.27 bits per heavy atom. The van der Waals surface area contributed by atoms with Crippen LogP contribution in [0.3, 0.4) is 0 Å². The Morgan fingerprint density at radius 3 is 2.73 bits per heavy atom. The third kappa shape index (κ3) is 3.43. The fourth-order valence-corrected chi connectivity index (χ4v) is 3.54. The molecule has 0 aliphatic carbocycles. The fraction of sp³-hybridized carbons (Fsp3) is 0.176. The largest absolute Gasteiger partial charge is 0.465 e. The molecule has 2 aromatic heterocycles. The Labute approximate surface area is 149 Å². The highest BCUT2D eigenvalue weighted by molar-refractivity contribution is 7.16. The van der Waals surface area contributed by atoms with Crippen LogP contribution in [-0.2, 0) is 17.5 Å². The molecule has 0 atom stereocenters. The van der Waals surface area contributed by atoms with E-state index in [0.717, 1.165) is 23.6 Å². The van der Waals surface area contributed by atoms with Crippen molar-refractivity contribution in [3.63, 3.8) is 0 Å². The maximum absolute atomic E-state index is 13.1. The molecule has 0 saturated carbocycles. The van der Waals surface area contributed by atoms with Gasteiger partial charge in [0.2, 0.25) is 0 Å². The number of amides is 1. The molecule has 3 aromatic rings. The number of fused-ring (bicyclic) bond motifs is 1. The highest BCUT2D eigenvalue weighted by Gasteiger charge is 2.38. The molecule has 9 heteroatoms. The summed E-state index contributed by atoms with van der Waals surface area (Å²) in [6.45, 7) is 0.140. The SMILES string of the molecule is COC(=O)c1sc(C(=O)NCc2cccc3[nH]ccc23)cc1C(F)(F)F. The number of carbonyl (C=O) groups excluding carboxylic acids is 2. The Balaban J connectivity index is 1.83. The van der Waals surface area contributed by atoms with Gasteiger partial charge in [-0.05, 0) is 23.8 Å². The molecule has 0 aliphatic rings. The molecule has 2 heterocycles. The van der Waals surface area contributed by atoms with Gasteiger partial charge in [-0.2, -0.15) is 13.2 Å². The summed E-state index contributed by atoms with van der Waals surface area (Å²) in [5.74, 6) is -1.82. The molecule has 136 valence electrons. The molecule has 0 radical (unpaired) electrons. The smallest absolute Gasteiger partial charge is 0.418 e. The first-order valence-corrected chi connectivity index (χ1v) is 8.25. The molecule has 0 spiro atoms. The summed E-state index contributed by atoms with van der Waals surface area (Å²) in [5.41, 5.74) is 0.533. The van der Waals surface area contributed by atoms with Crippen LogP contribution >= 0.6 is 11.3 Å². The number of aromatic amines is 1. The van der Waals surface area contributed by atoms with Gasteiger partial charge in [-0.1, -0.05) is 12.1 Å². The highest BCUT2D eigenvalue weighted by atomic mass is 32.1. The molecule has 0 bridgehead atoms. The number of aromatic nitrogens is 1. The minimum Gasteiger partial charge on any atom is -0.465 e. The van der Waals surface area contributed by atoms with E-state index in [1.165, 1.54) is 0 Å². The molecule has 3 rings (SSSR count). The number of ether oxygens (including phenoxy) is 1. The van der Waals surface area contributed by atoms with Gasteiger partial charge in [-0.25, -0.2) is 4.79 Å². The zero-order valence-corrected chi connectivity index (χ0v) is 14.3. The van der Waals surface area contributed by atoms with E-state index in [1.807, 2.05) is 24.3 Å². The van der Waals surface area contributed by atoms with Gasteiger partial charge in [0.1, 0.15) is 4.88 Å². The first-order valence-electron chi connectivity index (χ1n) is 7.43. The summed E-state index contributed by atoms with van der Waals surface area (Å²) >= 11 is 0.455. The van der Waals surface area contributed by atoms with E-state index in [2.05, 4.69) is 15.0 Å². The average Bonchev–Trinajstić information content (AvgIpc) is 3.25. The third-order valence-corrected chi connectivity index (χ3v) is 4.87. The third-order valence-electron chi connectivity index (χ3n) is 3.76. The van der Waals surface area contributed by atoms with E-state index in [0.29, 0.717) is 17.4 Å². The second-order valence-corrected chi connectivity index (χ2v) is 6.43. The van der Waals surface area contributed by atoms with Crippen molar-refractivity contribution < 1.29 is 27.5 Å². The van der Waals surface area contributed by atoms with Crippen LogP contribution < -0.4 is 5.32 Å². The summed E-state index contributed by atoms with van der Waals surface area (Å²) in [4.78, 5) is 26.0. The van der Waals surface area contributed by atoms with Crippen molar-refractivity contribution in [2.24, 2.45) is 0 Å². The Kier molecular flexibility index (Phi) is 4.73. The van der Waals surface area contributed by atoms with Gasteiger partial charge in [-0.15, -0.1) is 11.3 Å². The van der Waals surface area contributed by atoms with Gasteiger partial charge in [0.15, 0.2) is 0 Å². The van der Waals surface area contributed by atoms with Crippen LogP contribution in [0.2, 0.25) is 0 Å². The molecular weight excluding hydrogens is 369 g/mol. The number of hydrogen-bond acceptors (Lipinski definition) is 4. The van der Waals surface area contributed by atoms with E-state index < -0.39 is 28.5 Å². The van der Waals surface area contributed by atoms with Crippen LogP contribution in [0, 0.1) is 0 Å². The van der Waals surface area contributed by atoms with E-state index in [9.17, 15) is 22.8 Å². The number of benzene rings is 1. The minimum absolute atomic E-state index is 0.140. The predicted molar refractivity (Wildman–Crippen MR) is 90.1 cm³/mol. The van der Waals surface area contributed by atoms with Crippen molar-refractivity contribution in [2.75, 3.05) is 7.11 Å². The first kappa shape index (κ1) is 18.0. The summed E-state index contributed by atoms with van der Waals surface area (Å²) in [6, 6.07) is 8.01. The van der Waals surface area contributed by atoms with Gasteiger partial charge in [0, 0.05) is 23.6 Å². The fourth-order valence-electron chi connectivity index (χ4n) is 2.53. The number of alkyl halides is 3. The van der Waals surface area contributed by atoms with Crippen molar-refractivity contribution >= 4 is 34.1 Å². The highest BCUT2D eigenvalue weighted by Crippen LogP contribution is 2.37. The van der Waals surface area contributed by atoms with Crippen molar-refractivity contribution in [2.45, 2.75) is 12.7 Å². The molecule has 1 amide bonds. The summed E-state index contributed by atoms with van der Waals surface area (Å²) in [5, 5.41) is 3.49. The molecule has 5 nitrogen and oxygen atoms in total. The summed E-state index contributed by atoms with van der Waals surface area (Å²) in [6.07, 6.45) is -3.00. The summed E-state index contributed by atoms with van der Waals surface area (Å²) in [7, 11) is 0.986. The lowest BCUT2D eigenvalue weighted by Gasteiger charge is -2.06. The normalized spacial score (nSPS) is 11.5. The average molecular weight is 382 g/mol. The zero-order valence-electron chi connectivity index (χ0n) is 13.4. The molecule has 0 saturated heterocycles. The zero-order chi connectivity index (χ0) is 18.9. The van der Waals surface area contributed by atoms with Crippen molar-refractivity contribution in [3.8, 4) is 0 Å². The lowest BCUT2D eigenvalue weighted by atomic mass is 10.1. The Morgan fingerprint density at radius 2 is 2.04 bits per heavy atom. The standard InChI is InChI=1S/C17H13F3N2O3S/c1-25-16(24)14-11(17(18,19)20)7-13(26-14)15(23)22-8-9-3-2-4-12-10(9)5-6-21-12/h2-7,21H,8H2,1H3,(H,22,23). The van der Waals surface area contributed by atoms with Crippen LogP contribution in [0.4, 0.5) is 13.2 Å². The quantitative estimate of drug-likeness (QED) is 0.671. The maximum atomic E-state index is 13.1. The van der Waals surface area contributed by atoms with Gasteiger partial charge in [-0.3, -0.25) is 4.79 Å². The number of halogens is 3. The Bertz CT molecular complexity index is 975. The lowest BCUT2D eigenvalue weighted by Crippen LogP contribution is -2.22. The maximum Gasteiger partial charge on any atom is 0.418 e. The number of rotatable bonds is 4. The molecule has 1 aromatic carbocycles. The second kappa shape index (κ2) is 6.83. The molecule has 0 unspecified atom stereocenters. The van der Waals surface area contributed by atoms with E-state index in [-0.39, 0.29) is 11.4 Å². The summed E-state index contributed by atoms with van der Waals surface area (Å²) < 4.78 is 43.6. The molecular formula is C17H13F3N2O3S. The van der Waals surface area contributed by atoms with Crippen molar-refractivity contribution in [3.05, 3.63) is 57.4 Å². The monoisotopic (exact) mass is 382 g/mol. The van der Waals surface area contributed by atoms with Crippen LogP contribution in [0.25, 0.3) is 10.9 Å². The number of thiophene rings is 1. The van der Waals surface area contributed by atoms with Crippen LogP contribution in [-0.4, -0.2) is 24.0 Å². The van der Waals surface area contributed by atoms with Crippen molar-refractivity contribution in [1.82, 2.24) is 10.3 Å². The van der Waals surface area contributed by atoms with Crippen LogP contribution in [0.1, 0.15) is 30.5 Å². The van der Waals surface area contributed by atoms with Gasteiger partial charge < -0.3 is 15.0 Å².